The summed E-state index contributed by atoms with van der Waals surface area (Å²) in [6.45, 7) is 1.77. The van der Waals surface area contributed by atoms with Crippen molar-refractivity contribution in [1.82, 2.24) is 10.6 Å². The first-order valence-electron chi connectivity index (χ1n) is 6.56. The summed E-state index contributed by atoms with van der Waals surface area (Å²) in [5.74, 6) is -0.470. The topological polar surface area (TPSA) is 67.4 Å². The van der Waals surface area contributed by atoms with Crippen LogP contribution in [0, 0.1) is 0 Å². The second kappa shape index (κ2) is 6.86. The van der Waals surface area contributed by atoms with Gasteiger partial charge in [-0.15, -0.1) is 0 Å². The van der Waals surface area contributed by atoms with Gasteiger partial charge >= 0.3 is 5.97 Å². The minimum Gasteiger partial charge on any atom is -0.465 e. The Bertz CT molecular complexity index is 502. The van der Waals surface area contributed by atoms with Crippen molar-refractivity contribution in [3.05, 3.63) is 41.5 Å². The zero-order valence-electron chi connectivity index (χ0n) is 11.4. The zero-order valence-corrected chi connectivity index (χ0v) is 11.4. The van der Waals surface area contributed by atoms with Crippen molar-refractivity contribution in [2.75, 3.05) is 20.2 Å². The van der Waals surface area contributed by atoms with Crippen LogP contribution in [0.2, 0.25) is 0 Å². The molecule has 106 valence electrons. The molecule has 2 rings (SSSR count). The van der Waals surface area contributed by atoms with Crippen LogP contribution in [0.25, 0.3) is 6.08 Å². The Hall–Kier alpha value is -2.14. The fourth-order valence-corrected chi connectivity index (χ4v) is 2.05. The molecule has 2 N–H and O–H groups in total. The lowest BCUT2D eigenvalue weighted by molar-refractivity contribution is -0.117. The second-order valence-corrected chi connectivity index (χ2v) is 4.65. The maximum atomic E-state index is 11.7. The van der Waals surface area contributed by atoms with E-state index in [1.54, 1.807) is 30.3 Å². The monoisotopic (exact) mass is 274 g/mol. The lowest BCUT2D eigenvalue weighted by Crippen LogP contribution is -2.34. The van der Waals surface area contributed by atoms with Crippen LogP contribution < -0.4 is 10.6 Å². The predicted molar refractivity (Wildman–Crippen MR) is 76.2 cm³/mol. The molecule has 1 aromatic rings. The van der Waals surface area contributed by atoms with E-state index in [0.29, 0.717) is 5.56 Å². The molecule has 0 saturated carbocycles. The van der Waals surface area contributed by atoms with Crippen LogP contribution in [0.5, 0.6) is 0 Å². The summed E-state index contributed by atoms with van der Waals surface area (Å²) in [7, 11) is 1.35. The molecule has 1 aliphatic heterocycles. The summed E-state index contributed by atoms with van der Waals surface area (Å²) in [5.41, 5.74) is 1.35. The number of carbonyl (C=O) groups is 2. The maximum absolute atomic E-state index is 11.7. The average Bonchev–Trinajstić information content (AvgIpc) is 2.97. The van der Waals surface area contributed by atoms with Crippen LogP contribution in [-0.4, -0.2) is 38.1 Å². The van der Waals surface area contributed by atoms with Gasteiger partial charge in [0.15, 0.2) is 0 Å². The molecule has 0 radical (unpaired) electrons. The van der Waals surface area contributed by atoms with Gasteiger partial charge in [-0.25, -0.2) is 4.79 Å². The first-order valence-corrected chi connectivity index (χ1v) is 6.56. The largest absolute Gasteiger partial charge is 0.465 e. The van der Waals surface area contributed by atoms with E-state index >= 15 is 0 Å². The third-order valence-corrected chi connectivity index (χ3v) is 3.17. The van der Waals surface area contributed by atoms with Gasteiger partial charge in [-0.1, -0.05) is 12.1 Å². The van der Waals surface area contributed by atoms with Crippen molar-refractivity contribution in [1.29, 1.82) is 0 Å². The minimum absolute atomic E-state index is 0.101. The van der Waals surface area contributed by atoms with Gasteiger partial charge in [0.05, 0.1) is 12.7 Å². The average molecular weight is 274 g/mol. The molecule has 1 aromatic carbocycles. The SMILES string of the molecule is COC(=O)c1ccc(/C=C/C(=O)NC2CCNC2)cc1. The summed E-state index contributed by atoms with van der Waals surface area (Å²) < 4.78 is 4.62. The number of amides is 1. The van der Waals surface area contributed by atoms with E-state index in [4.69, 9.17) is 0 Å². The Labute approximate surface area is 118 Å². The molecule has 1 atom stereocenters. The van der Waals surface area contributed by atoms with Crippen LogP contribution in [0.3, 0.4) is 0 Å². The second-order valence-electron chi connectivity index (χ2n) is 4.65. The lowest BCUT2D eigenvalue weighted by atomic mass is 10.1. The third-order valence-electron chi connectivity index (χ3n) is 3.17. The number of nitrogens with one attached hydrogen (secondary N) is 2. The Morgan fingerprint density at radius 3 is 2.70 bits per heavy atom. The van der Waals surface area contributed by atoms with Gasteiger partial charge in [-0.05, 0) is 36.7 Å². The molecule has 5 heteroatoms. The number of hydrogen-bond donors (Lipinski definition) is 2. The minimum atomic E-state index is -0.369. The molecule has 1 amide bonds. The first-order chi connectivity index (χ1) is 9.69. The van der Waals surface area contributed by atoms with E-state index < -0.39 is 0 Å². The highest BCUT2D eigenvalue weighted by Gasteiger charge is 2.14. The normalized spacial score (nSPS) is 18.1. The number of carbonyl (C=O) groups excluding carboxylic acids is 2. The van der Waals surface area contributed by atoms with Crippen LogP contribution >= 0.6 is 0 Å². The first kappa shape index (κ1) is 14.3. The van der Waals surface area contributed by atoms with Crippen LogP contribution in [0.4, 0.5) is 0 Å². The van der Waals surface area contributed by atoms with Gasteiger partial charge < -0.3 is 15.4 Å². The summed E-state index contributed by atoms with van der Waals surface area (Å²) in [6, 6.07) is 7.10. The Morgan fingerprint density at radius 1 is 1.35 bits per heavy atom. The number of hydrogen-bond acceptors (Lipinski definition) is 4. The van der Waals surface area contributed by atoms with Crippen LogP contribution in [0.1, 0.15) is 22.3 Å². The highest BCUT2D eigenvalue weighted by Crippen LogP contribution is 2.07. The van der Waals surface area contributed by atoms with E-state index in [2.05, 4.69) is 15.4 Å². The Kier molecular flexibility index (Phi) is 4.90. The van der Waals surface area contributed by atoms with Crippen molar-refractivity contribution in [2.24, 2.45) is 0 Å². The number of ether oxygens (including phenoxy) is 1. The maximum Gasteiger partial charge on any atom is 0.337 e. The van der Waals surface area contributed by atoms with Gasteiger partial charge in [0.1, 0.15) is 0 Å². The Morgan fingerprint density at radius 2 is 2.10 bits per heavy atom. The quantitative estimate of drug-likeness (QED) is 0.634. The summed E-state index contributed by atoms with van der Waals surface area (Å²) in [6.07, 6.45) is 4.19. The van der Waals surface area contributed by atoms with Crippen molar-refractivity contribution in [3.63, 3.8) is 0 Å². The molecule has 0 bridgehead atoms. The van der Waals surface area contributed by atoms with Crippen LogP contribution in [-0.2, 0) is 9.53 Å². The standard InChI is InChI=1S/C15H18N2O3/c1-20-15(19)12-5-2-11(3-6-12)4-7-14(18)17-13-8-9-16-10-13/h2-7,13,16H,8-10H2,1H3,(H,17,18)/b7-4+. The summed E-state index contributed by atoms with van der Waals surface area (Å²) >= 11 is 0. The summed E-state index contributed by atoms with van der Waals surface area (Å²) in [5, 5.41) is 6.12. The number of methoxy groups -OCH3 is 1. The molecule has 5 nitrogen and oxygen atoms in total. The molecular formula is C15H18N2O3. The van der Waals surface area contributed by atoms with Gasteiger partial charge in [0.25, 0.3) is 0 Å². The van der Waals surface area contributed by atoms with Gasteiger partial charge in [-0.3, -0.25) is 4.79 Å². The Balaban J connectivity index is 1.90. The highest BCUT2D eigenvalue weighted by molar-refractivity contribution is 5.92. The number of benzene rings is 1. The van der Waals surface area contributed by atoms with E-state index in [1.807, 2.05) is 0 Å². The highest BCUT2D eigenvalue weighted by atomic mass is 16.5. The van der Waals surface area contributed by atoms with Gasteiger partial charge in [0, 0.05) is 18.7 Å². The van der Waals surface area contributed by atoms with E-state index in [-0.39, 0.29) is 17.9 Å². The van der Waals surface area contributed by atoms with E-state index in [0.717, 1.165) is 25.1 Å². The fourth-order valence-electron chi connectivity index (χ4n) is 2.05. The zero-order chi connectivity index (χ0) is 14.4. The molecule has 0 aliphatic carbocycles. The summed E-state index contributed by atoms with van der Waals surface area (Å²) in [4.78, 5) is 23.0. The molecular weight excluding hydrogens is 256 g/mol. The number of esters is 1. The van der Waals surface area contributed by atoms with Crippen molar-refractivity contribution in [2.45, 2.75) is 12.5 Å². The fraction of sp³-hybridized carbons (Fsp3) is 0.333. The molecule has 1 aliphatic rings. The van der Waals surface area contributed by atoms with Crippen LogP contribution in [0.15, 0.2) is 30.3 Å². The lowest BCUT2D eigenvalue weighted by Gasteiger charge is -2.08. The van der Waals surface area contributed by atoms with Crippen molar-refractivity contribution in [3.8, 4) is 0 Å². The predicted octanol–water partition coefficient (Wildman–Crippen LogP) is 0.964. The molecule has 20 heavy (non-hydrogen) atoms. The van der Waals surface area contributed by atoms with Gasteiger partial charge in [0.2, 0.25) is 5.91 Å². The van der Waals surface area contributed by atoms with E-state index in [1.165, 1.54) is 13.2 Å². The third kappa shape index (κ3) is 3.93. The molecule has 1 unspecified atom stereocenters. The smallest absolute Gasteiger partial charge is 0.337 e. The van der Waals surface area contributed by atoms with Crippen molar-refractivity contribution < 1.29 is 14.3 Å². The molecule has 1 saturated heterocycles. The van der Waals surface area contributed by atoms with E-state index in [9.17, 15) is 9.59 Å². The molecule has 0 aromatic heterocycles. The molecule has 1 fully saturated rings. The number of rotatable bonds is 4. The molecule has 1 heterocycles. The van der Waals surface area contributed by atoms with Crippen molar-refractivity contribution >= 4 is 18.0 Å². The molecule has 0 spiro atoms. The van der Waals surface area contributed by atoms with Gasteiger partial charge in [-0.2, -0.15) is 0 Å².